The van der Waals surface area contributed by atoms with Crippen molar-refractivity contribution in [2.75, 3.05) is 19.8 Å². The first-order valence-electron chi connectivity index (χ1n) is 4.88. The van der Waals surface area contributed by atoms with Gasteiger partial charge >= 0.3 is 5.97 Å². The van der Waals surface area contributed by atoms with Gasteiger partial charge in [0.1, 0.15) is 5.70 Å². The Morgan fingerprint density at radius 1 is 1.69 bits per heavy atom. The second-order valence-corrected chi connectivity index (χ2v) is 4.73. The highest BCUT2D eigenvalue weighted by Gasteiger charge is 2.48. The number of fused-ring (bicyclic) bond motifs is 1. The van der Waals surface area contributed by atoms with E-state index in [9.17, 15) is 9.59 Å². The molecular weight excluding hydrogens is 232 g/mol. The predicted molar refractivity (Wildman–Crippen MR) is 57.4 cm³/mol. The van der Waals surface area contributed by atoms with Crippen molar-refractivity contribution in [3.05, 3.63) is 10.6 Å². The van der Waals surface area contributed by atoms with E-state index >= 15 is 0 Å². The summed E-state index contributed by atoms with van der Waals surface area (Å²) in [5, 5.41) is 8.99. The van der Waals surface area contributed by atoms with Gasteiger partial charge in [0.25, 0.3) is 0 Å². The third-order valence-corrected chi connectivity index (χ3v) is 3.63. The van der Waals surface area contributed by atoms with E-state index in [1.807, 2.05) is 0 Å². The van der Waals surface area contributed by atoms with Crippen LogP contribution in [0.3, 0.4) is 0 Å². The van der Waals surface area contributed by atoms with E-state index < -0.39 is 5.97 Å². The second kappa shape index (κ2) is 4.44. The summed E-state index contributed by atoms with van der Waals surface area (Å²) in [6.07, 6.45) is 0.405. The molecule has 0 bridgehead atoms. The van der Waals surface area contributed by atoms with E-state index in [1.165, 1.54) is 16.7 Å². The highest BCUT2D eigenvalue weighted by Crippen LogP contribution is 2.45. The molecular formula is C9H12N2O4S. The molecule has 2 heterocycles. The largest absolute Gasteiger partial charge is 0.477 e. The molecule has 2 aliphatic rings. The number of carbonyl (C=O) groups excluding carboxylic acids is 1. The monoisotopic (exact) mass is 244 g/mol. The Balaban J connectivity index is 2.09. The second-order valence-electron chi connectivity index (χ2n) is 3.46. The number of carboxylic acids is 1. The molecule has 6 nitrogen and oxygen atoms in total. The van der Waals surface area contributed by atoms with Crippen molar-refractivity contribution in [2.24, 2.45) is 5.73 Å². The molecule has 0 aliphatic carbocycles. The number of nitrogens with two attached hydrogens (primary N) is 1. The lowest BCUT2D eigenvalue weighted by molar-refractivity contribution is -0.145. The van der Waals surface area contributed by atoms with E-state index in [4.69, 9.17) is 15.6 Å². The lowest BCUT2D eigenvalue weighted by Gasteiger charge is -2.33. The minimum Gasteiger partial charge on any atom is -0.477 e. The molecule has 0 spiro atoms. The van der Waals surface area contributed by atoms with Gasteiger partial charge in [-0.15, -0.1) is 0 Å². The number of hydrogen-bond acceptors (Lipinski definition) is 5. The van der Waals surface area contributed by atoms with Crippen LogP contribution in [0.2, 0.25) is 0 Å². The van der Waals surface area contributed by atoms with Crippen LogP contribution < -0.4 is 5.73 Å². The molecule has 0 aromatic heterocycles. The van der Waals surface area contributed by atoms with Gasteiger partial charge in [0, 0.05) is 11.4 Å². The van der Waals surface area contributed by atoms with E-state index in [0.29, 0.717) is 24.5 Å². The van der Waals surface area contributed by atoms with Gasteiger partial charge in [-0.25, -0.2) is 4.79 Å². The van der Waals surface area contributed by atoms with Gasteiger partial charge in [-0.05, 0) is 0 Å². The number of hydrogen-bond donors (Lipinski definition) is 2. The Labute approximate surface area is 96.4 Å². The van der Waals surface area contributed by atoms with Crippen molar-refractivity contribution in [3.8, 4) is 0 Å². The van der Waals surface area contributed by atoms with Crippen molar-refractivity contribution >= 4 is 23.6 Å². The molecule has 1 fully saturated rings. The summed E-state index contributed by atoms with van der Waals surface area (Å²) < 4.78 is 5.20. The van der Waals surface area contributed by atoms with Crippen LogP contribution in [0.25, 0.3) is 0 Å². The standard InChI is InChI=1S/C9H12N2O4S/c10-1-2-15-4-5-8(9(13)14)11-6(12)3-7(11)16-5/h7H,1-4,10H2,(H,13,14)/t7-/m0/s1. The van der Waals surface area contributed by atoms with E-state index in [1.54, 1.807) is 0 Å². The molecule has 1 amide bonds. The number of nitrogens with zero attached hydrogens (tertiary/aromatic N) is 1. The number of aliphatic carboxylic acids is 1. The predicted octanol–water partition coefficient (Wildman–Crippen LogP) is -0.437. The minimum atomic E-state index is -1.07. The summed E-state index contributed by atoms with van der Waals surface area (Å²) in [6.45, 7) is 0.992. The molecule has 7 heteroatoms. The number of rotatable bonds is 5. The normalized spacial score (nSPS) is 23.4. The van der Waals surface area contributed by atoms with Crippen LogP contribution >= 0.6 is 11.8 Å². The fourth-order valence-corrected chi connectivity index (χ4v) is 3.01. The first-order valence-corrected chi connectivity index (χ1v) is 5.76. The number of thioether (sulfide) groups is 1. The first kappa shape index (κ1) is 11.4. The van der Waals surface area contributed by atoms with Gasteiger partial charge in [-0.2, -0.15) is 0 Å². The van der Waals surface area contributed by atoms with Crippen molar-refractivity contribution in [3.63, 3.8) is 0 Å². The van der Waals surface area contributed by atoms with Crippen molar-refractivity contribution in [1.29, 1.82) is 0 Å². The van der Waals surface area contributed by atoms with Crippen molar-refractivity contribution < 1.29 is 19.4 Å². The molecule has 0 saturated carbocycles. The van der Waals surface area contributed by atoms with Crippen LogP contribution in [0.15, 0.2) is 10.6 Å². The molecule has 1 atom stereocenters. The number of β-lactam (4-membered cyclic amide) rings is 1. The van der Waals surface area contributed by atoms with Crippen LogP contribution in [-0.4, -0.2) is 47.0 Å². The average Bonchev–Trinajstić information content (AvgIpc) is 2.52. The molecule has 3 N–H and O–H groups in total. The zero-order valence-corrected chi connectivity index (χ0v) is 9.33. The number of ether oxygens (including phenoxy) is 1. The van der Waals surface area contributed by atoms with E-state index in [-0.39, 0.29) is 23.6 Å². The Kier molecular flexibility index (Phi) is 3.17. The Morgan fingerprint density at radius 2 is 2.44 bits per heavy atom. The topological polar surface area (TPSA) is 92.9 Å². The fourth-order valence-electron chi connectivity index (χ4n) is 1.68. The average molecular weight is 244 g/mol. The zero-order valence-electron chi connectivity index (χ0n) is 8.51. The number of carboxylic acid groups (broad SMARTS) is 1. The lowest BCUT2D eigenvalue weighted by Crippen LogP contribution is -2.48. The molecule has 16 heavy (non-hydrogen) atoms. The van der Waals surface area contributed by atoms with Gasteiger partial charge in [-0.1, -0.05) is 11.8 Å². The Hall–Kier alpha value is -1.05. The summed E-state index contributed by atoms with van der Waals surface area (Å²) in [6, 6.07) is 0. The van der Waals surface area contributed by atoms with Gasteiger partial charge in [-0.3, -0.25) is 9.69 Å². The SMILES string of the molecule is NCCOCC1=C(C(=O)O)N2C(=O)C[C@@H]2S1. The van der Waals surface area contributed by atoms with Crippen LogP contribution in [-0.2, 0) is 14.3 Å². The van der Waals surface area contributed by atoms with Gasteiger partial charge < -0.3 is 15.6 Å². The molecule has 1 saturated heterocycles. The quantitative estimate of drug-likeness (QED) is 0.503. The Morgan fingerprint density at radius 3 is 3.00 bits per heavy atom. The smallest absolute Gasteiger partial charge is 0.353 e. The molecule has 0 unspecified atom stereocenters. The zero-order chi connectivity index (χ0) is 11.7. The third-order valence-electron chi connectivity index (χ3n) is 2.39. The highest BCUT2D eigenvalue weighted by atomic mass is 32.2. The summed E-state index contributed by atoms with van der Waals surface area (Å²) in [4.78, 5) is 24.2. The van der Waals surface area contributed by atoms with Crippen molar-refractivity contribution in [2.45, 2.75) is 11.8 Å². The first-order chi connectivity index (χ1) is 7.65. The lowest BCUT2D eigenvalue weighted by atomic mass is 10.1. The molecule has 0 aromatic carbocycles. The minimum absolute atomic E-state index is 0.0462. The van der Waals surface area contributed by atoms with Gasteiger partial charge in [0.2, 0.25) is 5.91 Å². The maximum atomic E-state index is 11.3. The molecule has 0 aromatic rings. The van der Waals surface area contributed by atoms with Crippen LogP contribution in [0, 0.1) is 0 Å². The molecule has 0 radical (unpaired) electrons. The highest BCUT2D eigenvalue weighted by molar-refractivity contribution is 8.04. The maximum Gasteiger partial charge on any atom is 0.353 e. The summed E-state index contributed by atoms with van der Waals surface area (Å²) in [7, 11) is 0. The van der Waals surface area contributed by atoms with Crippen molar-refractivity contribution in [1.82, 2.24) is 4.90 Å². The van der Waals surface area contributed by atoms with Gasteiger partial charge in [0.15, 0.2) is 0 Å². The third kappa shape index (κ3) is 1.81. The summed E-state index contributed by atoms with van der Waals surface area (Å²) in [5.74, 6) is -1.21. The molecule has 2 rings (SSSR count). The number of amides is 1. The number of carbonyl (C=O) groups is 2. The molecule has 88 valence electrons. The maximum absolute atomic E-state index is 11.3. The molecule has 2 aliphatic heterocycles. The fraction of sp³-hybridized carbons (Fsp3) is 0.556. The van der Waals surface area contributed by atoms with E-state index in [2.05, 4.69) is 0 Å². The van der Waals surface area contributed by atoms with Gasteiger partial charge in [0.05, 0.1) is 25.0 Å². The van der Waals surface area contributed by atoms with Crippen LogP contribution in [0.4, 0.5) is 0 Å². The Bertz CT molecular complexity index is 369. The van der Waals surface area contributed by atoms with E-state index in [0.717, 1.165) is 0 Å². The summed E-state index contributed by atoms with van der Waals surface area (Å²) in [5.41, 5.74) is 5.34. The summed E-state index contributed by atoms with van der Waals surface area (Å²) >= 11 is 1.39. The van der Waals surface area contributed by atoms with Crippen LogP contribution in [0.5, 0.6) is 0 Å². The van der Waals surface area contributed by atoms with Crippen LogP contribution in [0.1, 0.15) is 6.42 Å².